The lowest BCUT2D eigenvalue weighted by Crippen LogP contribution is -2.41. The number of rotatable bonds is 27. The smallest absolute Gasteiger partial charge is 0.387 e. The third kappa shape index (κ3) is 13.1. The normalized spacial score (nSPS) is 21.2. The Bertz CT molecular complexity index is 1780. The molecule has 56 heavy (non-hydrogen) atoms. The molecule has 3 aromatic rings. The van der Waals surface area contributed by atoms with E-state index in [2.05, 4.69) is 22.9 Å². The molecular weight excluding hydrogens is 742 g/mol. The predicted molar refractivity (Wildman–Crippen MR) is 208 cm³/mol. The summed E-state index contributed by atoms with van der Waals surface area (Å²) in [5.41, 5.74) is 0.00268. The van der Waals surface area contributed by atoms with E-state index < -0.39 is 56.9 Å². The number of aryl methyl sites for hydroxylation is 1. The number of nitrogens with zero attached hydrogens (tertiary/aromatic N) is 4. The predicted octanol–water partition coefficient (Wildman–Crippen LogP) is 7.21. The zero-order chi connectivity index (χ0) is 40.4. The first-order valence-electron chi connectivity index (χ1n) is 19.9. The number of phosphoric ester groups is 1. The van der Waals surface area contributed by atoms with Crippen molar-refractivity contribution in [1.29, 1.82) is 5.26 Å². The van der Waals surface area contributed by atoms with E-state index in [0.717, 1.165) is 25.3 Å². The fourth-order valence-corrected chi connectivity index (χ4v) is 7.54. The van der Waals surface area contributed by atoms with Crippen LogP contribution in [0.1, 0.15) is 119 Å². The van der Waals surface area contributed by atoms with Gasteiger partial charge in [-0.15, -0.1) is 6.42 Å². The summed E-state index contributed by atoms with van der Waals surface area (Å²) >= 11 is 0. The topological polar surface area (TPSA) is 178 Å². The second-order valence-corrected chi connectivity index (χ2v) is 15.9. The number of hydrogen-bond donors (Lipinski definition) is 3. The van der Waals surface area contributed by atoms with Crippen LogP contribution in [-0.2, 0) is 40.0 Å². The molecule has 1 aliphatic rings. The quantitative estimate of drug-likeness (QED) is 0.0402. The first-order chi connectivity index (χ1) is 27.0. The lowest BCUT2D eigenvalue weighted by molar-refractivity contribution is -0.0682. The van der Waals surface area contributed by atoms with Crippen molar-refractivity contribution in [3.05, 3.63) is 65.0 Å². The van der Waals surface area contributed by atoms with Crippen LogP contribution in [0.15, 0.2) is 36.7 Å². The number of terminal acetylenes is 1. The third-order valence-electron chi connectivity index (χ3n) is 10.1. The maximum Gasteiger partial charge on any atom is 0.472 e. The number of hydrogen-bond acceptors (Lipinski definition) is 11. The molecule has 0 radical (unpaired) electrons. The number of aromatic nitrogens is 3. The summed E-state index contributed by atoms with van der Waals surface area (Å²) in [7, 11) is -4.79. The average Bonchev–Trinajstić information content (AvgIpc) is 3.74. The highest BCUT2D eigenvalue weighted by Crippen LogP contribution is 2.46. The van der Waals surface area contributed by atoms with Crippen molar-refractivity contribution < 1.29 is 47.3 Å². The molecule has 6 atom stereocenters. The molecular formula is C41H58FN4O9P. The van der Waals surface area contributed by atoms with Gasteiger partial charge in [-0.2, -0.15) is 10.4 Å². The lowest BCUT2D eigenvalue weighted by atomic mass is 9.92. The number of halogens is 1. The minimum absolute atomic E-state index is 0.00796. The van der Waals surface area contributed by atoms with Gasteiger partial charge in [0.05, 0.1) is 55.0 Å². The van der Waals surface area contributed by atoms with Crippen LogP contribution in [0.2, 0.25) is 0 Å². The molecule has 15 heteroatoms. The van der Waals surface area contributed by atoms with Crippen LogP contribution in [0.25, 0.3) is 5.52 Å². The van der Waals surface area contributed by atoms with E-state index in [1.54, 1.807) is 19.1 Å². The van der Waals surface area contributed by atoms with Gasteiger partial charge in [0.15, 0.2) is 5.60 Å². The number of ether oxygens (including phenoxy) is 3. The van der Waals surface area contributed by atoms with Gasteiger partial charge in [0.25, 0.3) is 0 Å². The number of unbranched alkanes of at least 4 members (excludes halogenated alkanes) is 13. The Labute approximate surface area is 330 Å². The molecule has 1 unspecified atom stereocenters. The minimum atomic E-state index is -4.79. The molecule has 0 bridgehead atoms. The Morgan fingerprint density at radius 1 is 1.00 bits per heavy atom. The molecule has 3 heterocycles. The summed E-state index contributed by atoms with van der Waals surface area (Å²) in [4.78, 5) is 14.7. The van der Waals surface area contributed by atoms with E-state index in [9.17, 15) is 24.1 Å². The van der Waals surface area contributed by atoms with Gasteiger partial charge >= 0.3 is 7.82 Å². The van der Waals surface area contributed by atoms with Crippen molar-refractivity contribution in [3.8, 4) is 18.4 Å². The first kappa shape index (κ1) is 45.4. The van der Waals surface area contributed by atoms with Crippen LogP contribution in [-0.4, -0.2) is 80.5 Å². The Morgan fingerprint density at radius 2 is 1.66 bits per heavy atom. The molecule has 1 aromatic carbocycles. The summed E-state index contributed by atoms with van der Waals surface area (Å²) in [6.07, 6.45) is 19.0. The van der Waals surface area contributed by atoms with Crippen LogP contribution in [0.5, 0.6) is 0 Å². The second kappa shape index (κ2) is 23.2. The van der Waals surface area contributed by atoms with E-state index in [4.69, 9.17) is 34.9 Å². The van der Waals surface area contributed by atoms with Crippen LogP contribution < -0.4 is 0 Å². The van der Waals surface area contributed by atoms with Gasteiger partial charge in [0.1, 0.15) is 36.6 Å². The van der Waals surface area contributed by atoms with E-state index in [1.807, 2.05) is 6.07 Å². The monoisotopic (exact) mass is 800 g/mol. The van der Waals surface area contributed by atoms with Crippen molar-refractivity contribution in [1.82, 2.24) is 14.6 Å². The number of aliphatic hydroxyl groups excluding tert-OH is 2. The summed E-state index contributed by atoms with van der Waals surface area (Å²) < 4.78 is 57.1. The Hall–Kier alpha value is -3.27. The molecule has 0 aliphatic carbocycles. The molecule has 0 saturated carbocycles. The van der Waals surface area contributed by atoms with Gasteiger partial charge in [0.2, 0.25) is 0 Å². The zero-order valence-corrected chi connectivity index (χ0v) is 33.6. The number of nitriles is 1. The summed E-state index contributed by atoms with van der Waals surface area (Å²) in [6, 6.07) is 9.18. The highest BCUT2D eigenvalue weighted by molar-refractivity contribution is 7.47. The molecule has 1 fully saturated rings. The van der Waals surface area contributed by atoms with Crippen molar-refractivity contribution in [3.63, 3.8) is 0 Å². The average molecular weight is 801 g/mol. The Morgan fingerprint density at radius 3 is 2.29 bits per heavy atom. The zero-order valence-electron chi connectivity index (χ0n) is 32.7. The van der Waals surface area contributed by atoms with Crippen molar-refractivity contribution in [2.75, 3.05) is 26.4 Å². The molecule has 2 aromatic heterocycles. The maximum absolute atomic E-state index is 14.6. The largest absolute Gasteiger partial charge is 0.472 e. The Balaban J connectivity index is 1.23. The molecule has 4 rings (SSSR count). The summed E-state index contributed by atoms with van der Waals surface area (Å²) in [6.45, 7) is 3.12. The molecule has 1 aliphatic heterocycles. The third-order valence-corrected chi connectivity index (χ3v) is 11.1. The minimum Gasteiger partial charge on any atom is -0.387 e. The summed E-state index contributed by atoms with van der Waals surface area (Å²) in [5.74, 6) is 1.80. The van der Waals surface area contributed by atoms with Gasteiger partial charge in [-0.25, -0.2) is 18.5 Å². The van der Waals surface area contributed by atoms with Gasteiger partial charge in [-0.3, -0.25) is 9.05 Å². The highest BCUT2D eigenvalue weighted by Gasteiger charge is 2.56. The van der Waals surface area contributed by atoms with Crippen LogP contribution in [0.4, 0.5) is 4.39 Å². The SMILES string of the molecule is C#C[C@@]1(c2ccc3c(C)ncnn23)O[C@H](COP(=O)(O)OC[C@@H](COCCCCCCCCCCCCCCCC)OCc2ccc(C#N)cc2F)[C@@H](O)[C@H]1O. The van der Waals surface area contributed by atoms with Crippen molar-refractivity contribution in [2.24, 2.45) is 0 Å². The molecule has 3 N–H and O–H groups in total. The number of benzene rings is 1. The van der Waals surface area contributed by atoms with E-state index in [1.165, 1.54) is 93.6 Å². The second-order valence-electron chi connectivity index (χ2n) is 14.4. The fraction of sp³-hybridized carbons (Fsp3) is 0.634. The number of fused-ring (bicyclic) bond motifs is 1. The van der Waals surface area contributed by atoms with Crippen LogP contribution in [0, 0.1) is 36.4 Å². The molecule has 0 spiro atoms. The standard InChI is InChI=1S/C41H58FN4O9P/c1-4-6-7-8-9-10-11-12-13-14-15-16-17-18-23-51-27-34(52-26-33-20-19-32(25-43)24-35(33)42)28-53-56(49,50)54-29-37-39(47)40(48)41(5-2,55-37)38-22-21-36-31(3)44-30-45-46(36)38/h2,19-22,24,30,34,37,39-40,47-48H,4,6-18,23,26-29H2,1,3H3,(H,49,50)/t34-,37-,39-,40-,41+/m1/s1. The van der Waals surface area contributed by atoms with Gasteiger partial charge in [-0.1, -0.05) is 102 Å². The van der Waals surface area contributed by atoms with Gasteiger partial charge in [0, 0.05) is 12.2 Å². The van der Waals surface area contributed by atoms with Crippen molar-refractivity contribution in [2.45, 2.75) is 140 Å². The van der Waals surface area contributed by atoms with E-state index in [-0.39, 0.29) is 30.0 Å². The molecule has 13 nitrogen and oxygen atoms in total. The highest BCUT2D eigenvalue weighted by atomic mass is 31.2. The summed E-state index contributed by atoms with van der Waals surface area (Å²) in [5, 5.41) is 35.2. The van der Waals surface area contributed by atoms with Gasteiger partial charge < -0.3 is 29.3 Å². The van der Waals surface area contributed by atoms with Crippen LogP contribution >= 0.6 is 7.82 Å². The molecule has 1 saturated heterocycles. The maximum atomic E-state index is 14.6. The van der Waals surface area contributed by atoms with Gasteiger partial charge in [-0.05, 0) is 37.6 Å². The first-order valence-corrected chi connectivity index (χ1v) is 21.4. The molecule has 0 amide bonds. The number of phosphoric acid groups is 1. The van der Waals surface area contributed by atoms with Crippen molar-refractivity contribution >= 4 is 13.3 Å². The fourth-order valence-electron chi connectivity index (χ4n) is 6.78. The number of aliphatic hydroxyl groups is 2. The molecule has 308 valence electrons. The van der Waals surface area contributed by atoms with E-state index in [0.29, 0.717) is 17.8 Å². The van der Waals surface area contributed by atoms with Crippen LogP contribution in [0.3, 0.4) is 0 Å². The lowest BCUT2D eigenvalue weighted by Gasteiger charge is -2.26. The Kier molecular flexibility index (Phi) is 18.8. The van der Waals surface area contributed by atoms with E-state index >= 15 is 0 Å².